The number of nitrogens with zero attached hydrogens (tertiary/aromatic N) is 5. The van der Waals surface area contributed by atoms with Crippen molar-refractivity contribution in [1.82, 2.24) is 24.1 Å². The Morgan fingerprint density at radius 2 is 1.98 bits per heavy atom. The molecule has 1 aromatic carbocycles. The SMILES string of the molecule is COc1cc(C(=O)N2CC3CCC2[C@@H]3N)cn2nc(-c3cc4ccc(-c5ccc(O)c(F)c5)nc4n3CC3CC3)c(C)c12. The summed E-state index contributed by atoms with van der Waals surface area (Å²) >= 11 is 0. The number of rotatable bonds is 6. The van der Waals surface area contributed by atoms with E-state index in [0.29, 0.717) is 41.0 Å². The van der Waals surface area contributed by atoms with Crippen LogP contribution in [0.5, 0.6) is 11.5 Å². The third-order valence-corrected chi connectivity index (χ3v) is 9.68. The second-order valence-corrected chi connectivity index (χ2v) is 12.4. The number of benzene rings is 1. The highest BCUT2D eigenvalue weighted by Crippen LogP contribution is 2.40. The van der Waals surface area contributed by atoms with Crippen LogP contribution in [0.2, 0.25) is 0 Å². The van der Waals surface area contributed by atoms with Crippen molar-refractivity contribution in [3.8, 4) is 34.1 Å². The number of nitrogens with two attached hydrogens (primary N) is 1. The van der Waals surface area contributed by atoms with Gasteiger partial charge in [0, 0.05) is 47.9 Å². The summed E-state index contributed by atoms with van der Waals surface area (Å²) in [7, 11) is 1.62. The Morgan fingerprint density at radius 3 is 2.67 bits per heavy atom. The maximum atomic E-state index is 14.2. The van der Waals surface area contributed by atoms with Gasteiger partial charge in [-0.05, 0) is 86.9 Å². The standard InChI is InChI=1S/C33H33FN6O3/c1-17-30(37-40-16-22(13-28(43-2)31(17)40)33(42)39-15-21-6-9-25(39)29(21)35)26-12-20-5-8-24(19-7-10-27(41)23(34)11-19)36-32(20)38(26)14-18-3-4-18/h5,7-8,10-13,16,18,21,25,29,41H,3-4,6,9,14-15,35H2,1-2H3/t21?,25?,29-/m1/s1. The number of phenolic OH excluding ortho intramolecular Hbond substituents is 1. The number of hydrogen-bond donors (Lipinski definition) is 2. The molecular formula is C33H33FN6O3. The highest BCUT2D eigenvalue weighted by Gasteiger charge is 2.47. The zero-order valence-electron chi connectivity index (χ0n) is 24.1. The number of halogens is 1. The van der Waals surface area contributed by atoms with Crippen LogP contribution in [0, 0.1) is 24.6 Å². The lowest BCUT2D eigenvalue weighted by Crippen LogP contribution is -2.41. The topological polar surface area (TPSA) is 111 Å². The van der Waals surface area contributed by atoms with Gasteiger partial charge in [0.1, 0.15) is 22.6 Å². The first-order valence-corrected chi connectivity index (χ1v) is 14.9. The lowest BCUT2D eigenvalue weighted by Gasteiger charge is -2.27. The van der Waals surface area contributed by atoms with E-state index in [4.69, 9.17) is 20.6 Å². The number of aromatic hydroxyl groups is 1. The molecule has 3 fully saturated rings. The fourth-order valence-electron chi connectivity index (χ4n) is 7.14. The van der Waals surface area contributed by atoms with Gasteiger partial charge in [0.05, 0.1) is 24.1 Å². The van der Waals surface area contributed by atoms with E-state index in [2.05, 4.69) is 10.6 Å². The number of ether oxygens (including phenoxy) is 1. The molecule has 1 saturated heterocycles. The number of aromatic nitrogens is 4. The number of hydrogen-bond acceptors (Lipinski definition) is 6. The second-order valence-electron chi connectivity index (χ2n) is 12.4. The van der Waals surface area contributed by atoms with Crippen molar-refractivity contribution in [1.29, 1.82) is 0 Å². The molecule has 10 heteroatoms. The van der Waals surface area contributed by atoms with Crippen molar-refractivity contribution in [2.75, 3.05) is 13.7 Å². The van der Waals surface area contributed by atoms with Gasteiger partial charge in [-0.2, -0.15) is 5.10 Å². The Bertz CT molecular complexity index is 1940. The number of methoxy groups -OCH3 is 1. The molecule has 5 aromatic rings. The van der Waals surface area contributed by atoms with Crippen LogP contribution < -0.4 is 10.5 Å². The number of carbonyl (C=O) groups is 1. The van der Waals surface area contributed by atoms with Gasteiger partial charge in [-0.15, -0.1) is 0 Å². The molecule has 4 aromatic heterocycles. The average molecular weight is 581 g/mol. The molecule has 1 amide bonds. The third kappa shape index (κ3) is 4.11. The number of likely N-dealkylation sites (tertiary alicyclic amines) is 1. The minimum atomic E-state index is -0.680. The van der Waals surface area contributed by atoms with E-state index in [0.717, 1.165) is 65.7 Å². The van der Waals surface area contributed by atoms with Gasteiger partial charge in [-0.3, -0.25) is 4.79 Å². The molecule has 3 atom stereocenters. The van der Waals surface area contributed by atoms with Gasteiger partial charge in [-0.25, -0.2) is 13.9 Å². The normalized spacial score (nSPS) is 21.4. The summed E-state index contributed by atoms with van der Waals surface area (Å²) in [5.41, 5.74) is 12.4. The van der Waals surface area contributed by atoms with Crippen LogP contribution in [-0.4, -0.2) is 60.8 Å². The first kappa shape index (κ1) is 26.2. The van der Waals surface area contributed by atoms with Crippen molar-refractivity contribution in [3.05, 3.63) is 65.6 Å². The van der Waals surface area contributed by atoms with Gasteiger partial charge in [0.25, 0.3) is 5.91 Å². The maximum Gasteiger partial charge on any atom is 0.255 e. The largest absolute Gasteiger partial charge is 0.505 e. The average Bonchev–Trinajstić information content (AvgIpc) is 3.42. The zero-order valence-corrected chi connectivity index (χ0v) is 24.1. The fraction of sp³-hybridized carbons (Fsp3) is 0.364. The molecule has 220 valence electrons. The number of fused-ring (bicyclic) bond motifs is 4. The molecule has 2 unspecified atom stereocenters. The summed E-state index contributed by atoms with van der Waals surface area (Å²) in [6.45, 7) is 3.52. The summed E-state index contributed by atoms with van der Waals surface area (Å²) < 4.78 is 24.0. The van der Waals surface area contributed by atoms with Gasteiger partial charge >= 0.3 is 0 Å². The number of carbonyl (C=O) groups excluding carboxylic acids is 1. The van der Waals surface area contributed by atoms with Crippen molar-refractivity contribution >= 4 is 22.5 Å². The quantitative estimate of drug-likeness (QED) is 0.287. The van der Waals surface area contributed by atoms with Crippen molar-refractivity contribution in [2.24, 2.45) is 17.6 Å². The maximum absolute atomic E-state index is 14.2. The van der Waals surface area contributed by atoms with E-state index in [-0.39, 0.29) is 23.7 Å². The highest BCUT2D eigenvalue weighted by molar-refractivity contribution is 5.96. The molecule has 8 rings (SSSR count). The molecule has 9 nitrogen and oxygen atoms in total. The summed E-state index contributed by atoms with van der Waals surface area (Å²) in [4.78, 5) is 20.6. The highest BCUT2D eigenvalue weighted by atomic mass is 19.1. The molecule has 0 spiro atoms. The van der Waals surface area contributed by atoms with E-state index in [1.165, 1.54) is 12.1 Å². The monoisotopic (exact) mass is 580 g/mol. The lowest BCUT2D eigenvalue weighted by molar-refractivity contribution is 0.0699. The first-order chi connectivity index (χ1) is 20.8. The van der Waals surface area contributed by atoms with Crippen molar-refractivity contribution < 1.29 is 19.0 Å². The molecule has 3 N–H and O–H groups in total. The van der Waals surface area contributed by atoms with Crippen LogP contribution in [-0.2, 0) is 6.54 Å². The van der Waals surface area contributed by atoms with Gasteiger partial charge in [0.15, 0.2) is 11.6 Å². The molecule has 3 aliphatic rings. The molecule has 0 radical (unpaired) electrons. The Morgan fingerprint density at radius 1 is 1.14 bits per heavy atom. The number of aryl methyl sites for hydroxylation is 1. The summed E-state index contributed by atoms with van der Waals surface area (Å²) in [6.07, 6.45) is 6.15. The zero-order chi connectivity index (χ0) is 29.6. The number of pyridine rings is 2. The van der Waals surface area contributed by atoms with E-state index in [1.54, 1.807) is 23.9 Å². The second kappa shape index (κ2) is 9.54. The lowest BCUT2D eigenvalue weighted by atomic mass is 10.1. The minimum absolute atomic E-state index is 0.0391. The third-order valence-electron chi connectivity index (χ3n) is 9.68. The van der Waals surface area contributed by atoms with E-state index in [1.807, 2.05) is 30.0 Å². The van der Waals surface area contributed by atoms with Crippen LogP contribution in [0.1, 0.15) is 41.6 Å². The Balaban J connectivity index is 1.24. The van der Waals surface area contributed by atoms with Crippen molar-refractivity contribution in [2.45, 2.75) is 51.2 Å². The van der Waals surface area contributed by atoms with E-state index in [9.17, 15) is 14.3 Å². The van der Waals surface area contributed by atoms with Crippen LogP contribution in [0.25, 0.3) is 39.2 Å². The van der Waals surface area contributed by atoms with E-state index < -0.39 is 5.82 Å². The Labute approximate surface area is 247 Å². The number of amides is 1. The van der Waals surface area contributed by atoms with Crippen LogP contribution in [0.3, 0.4) is 0 Å². The van der Waals surface area contributed by atoms with Crippen molar-refractivity contribution in [3.63, 3.8) is 0 Å². The molecule has 2 saturated carbocycles. The molecule has 2 bridgehead atoms. The molecular weight excluding hydrogens is 547 g/mol. The van der Waals surface area contributed by atoms with E-state index >= 15 is 0 Å². The fourth-order valence-corrected chi connectivity index (χ4v) is 7.14. The summed E-state index contributed by atoms with van der Waals surface area (Å²) in [6, 6.07) is 12.2. The van der Waals surface area contributed by atoms with Gasteiger partial charge in [0.2, 0.25) is 0 Å². The molecule has 43 heavy (non-hydrogen) atoms. The summed E-state index contributed by atoms with van der Waals surface area (Å²) in [5, 5.41) is 15.6. The Kier molecular flexibility index (Phi) is 5.81. The van der Waals surface area contributed by atoms with Gasteiger partial charge in [-0.1, -0.05) is 0 Å². The minimum Gasteiger partial charge on any atom is -0.505 e. The first-order valence-electron chi connectivity index (χ1n) is 14.9. The van der Waals surface area contributed by atoms with Crippen LogP contribution >= 0.6 is 0 Å². The smallest absolute Gasteiger partial charge is 0.255 e. The molecule has 2 aliphatic carbocycles. The predicted octanol–water partition coefficient (Wildman–Crippen LogP) is 5.15. The molecule has 1 aliphatic heterocycles. The Hall–Kier alpha value is -4.44. The van der Waals surface area contributed by atoms with Crippen LogP contribution in [0.15, 0.2) is 48.7 Å². The van der Waals surface area contributed by atoms with Crippen LogP contribution in [0.4, 0.5) is 4.39 Å². The number of phenols is 1. The molecule has 5 heterocycles. The summed E-state index contributed by atoms with van der Waals surface area (Å²) in [5.74, 6) is 0.416. The number of piperidine rings is 1. The predicted molar refractivity (Wildman–Crippen MR) is 161 cm³/mol. The van der Waals surface area contributed by atoms with Gasteiger partial charge < -0.3 is 25.0 Å².